The first-order valence-electron chi connectivity index (χ1n) is 6.76. The van der Waals surface area contributed by atoms with Crippen molar-refractivity contribution in [1.29, 1.82) is 0 Å². The second kappa shape index (κ2) is 6.01. The molecule has 112 valence electrons. The number of nitrogen functional groups attached to an aromatic ring is 1. The highest BCUT2D eigenvalue weighted by atomic mass is 32.2. The van der Waals surface area contributed by atoms with Crippen LogP contribution in [0.4, 0.5) is 11.4 Å². The molecular weight excluding hydrogens is 276 g/mol. The Morgan fingerprint density at radius 1 is 1.35 bits per heavy atom. The first kappa shape index (κ1) is 15.1. The van der Waals surface area contributed by atoms with Gasteiger partial charge in [0.2, 0.25) is 0 Å². The summed E-state index contributed by atoms with van der Waals surface area (Å²) in [4.78, 5) is 2.36. The molecule has 1 fully saturated rings. The fourth-order valence-electron chi connectivity index (χ4n) is 2.53. The Balaban J connectivity index is 2.11. The first-order chi connectivity index (χ1) is 9.38. The normalized spacial score (nSPS) is 17.1. The average Bonchev–Trinajstić information content (AvgIpc) is 2.38. The molecule has 1 aliphatic rings. The second-order valence-electron chi connectivity index (χ2n) is 5.43. The number of sulfone groups is 1. The predicted octanol–water partition coefficient (Wildman–Crippen LogP) is 1.54. The van der Waals surface area contributed by atoms with Gasteiger partial charge in [0.25, 0.3) is 0 Å². The molecule has 0 amide bonds. The molecule has 1 heterocycles. The third-order valence-corrected chi connectivity index (χ3v) is 4.82. The van der Waals surface area contributed by atoms with Crippen molar-refractivity contribution in [2.75, 3.05) is 43.7 Å². The van der Waals surface area contributed by atoms with Crippen LogP contribution in [0.2, 0.25) is 0 Å². The molecule has 5 nitrogen and oxygen atoms in total. The number of hydrogen-bond donors (Lipinski definition) is 1. The zero-order valence-electron chi connectivity index (χ0n) is 12.0. The van der Waals surface area contributed by atoms with E-state index in [9.17, 15) is 8.42 Å². The largest absolute Gasteiger partial charge is 0.397 e. The number of nitrogens with zero attached hydrogens (tertiary/aromatic N) is 1. The van der Waals surface area contributed by atoms with E-state index in [2.05, 4.69) is 4.90 Å². The predicted molar refractivity (Wildman–Crippen MR) is 80.8 cm³/mol. The van der Waals surface area contributed by atoms with Crippen molar-refractivity contribution in [3.63, 3.8) is 0 Å². The van der Waals surface area contributed by atoms with Crippen LogP contribution < -0.4 is 10.6 Å². The van der Waals surface area contributed by atoms with Gasteiger partial charge in [-0.15, -0.1) is 0 Å². The first-order valence-corrected chi connectivity index (χ1v) is 8.65. The fourth-order valence-corrected chi connectivity index (χ4v) is 3.18. The summed E-state index contributed by atoms with van der Waals surface area (Å²) in [5, 5.41) is 0. The topological polar surface area (TPSA) is 72.6 Å². The lowest BCUT2D eigenvalue weighted by Gasteiger charge is -2.29. The maximum absolute atomic E-state index is 11.5. The molecule has 0 bridgehead atoms. The Morgan fingerprint density at radius 2 is 2.00 bits per heavy atom. The highest BCUT2D eigenvalue weighted by Gasteiger charge is 2.18. The summed E-state index contributed by atoms with van der Waals surface area (Å²) in [5.74, 6) is 0.600. The molecule has 2 rings (SSSR count). The number of rotatable bonds is 4. The van der Waals surface area contributed by atoms with Crippen LogP contribution in [0.1, 0.15) is 12.8 Å². The van der Waals surface area contributed by atoms with Gasteiger partial charge in [0.05, 0.1) is 16.3 Å². The summed E-state index contributed by atoms with van der Waals surface area (Å²) in [6, 6.07) is 4.93. The lowest BCUT2D eigenvalue weighted by Crippen LogP contribution is -2.30. The van der Waals surface area contributed by atoms with E-state index in [1.807, 2.05) is 7.05 Å². The van der Waals surface area contributed by atoms with Crippen molar-refractivity contribution in [3.05, 3.63) is 18.2 Å². The van der Waals surface area contributed by atoms with Gasteiger partial charge >= 0.3 is 0 Å². The van der Waals surface area contributed by atoms with Crippen molar-refractivity contribution in [2.24, 2.45) is 5.92 Å². The maximum atomic E-state index is 11.5. The molecule has 1 aromatic carbocycles. The third kappa shape index (κ3) is 3.64. The summed E-state index contributed by atoms with van der Waals surface area (Å²) >= 11 is 0. The second-order valence-corrected chi connectivity index (χ2v) is 7.44. The fraction of sp³-hybridized carbons (Fsp3) is 0.571. The molecule has 0 radical (unpaired) electrons. The van der Waals surface area contributed by atoms with E-state index in [0.717, 1.165) is 38.3 Å². The van der Waals surface area contributed by atoms with Crippen LogP contribution in [0.5, 0.6) is 0 Å². The summed E-state index contributed by atoms with van der Waals surface area (Å²) in [7, 11) is -1.22. The summed E-state index contributed by atoms with van der Waals surface area (Å²) in [5.41, 5.74) is 7.37. The van der Waals surface area contributed by atoms with E-state index >= 15 is 0 Å². The Hall–Kier alpha value is -1.27. The minimum Gasteiger partial charge on any atom is -0.397 e. The third-order valence-electron chi connectivity index (χ3n) is 3.71. The van der Waals surface area contributed by atoms with Gasteiger partial charge < -0.3 is 15.4 Å². The molecule has 1 aliphatic heterocycles. The molecule has 2 N–H and O–H groups in total. The molecule has 1 aromatic rings. The molecule has 0 spiro atoms. The lowest BCUT2D eigenvalue weighted by molar-refractivity contribution is 0.0685. The Kier molecular flexibility index (Phi) is 4.55. The van der Waals surface area contributed by atoms with Gasteiger partial charge in [-0.1, -0.05) is 0 Å². The molecule has 0 atom stereocenters. The number of ether oxygens (including phenoxy) is 1. The maximum Gasteiger partial charge on any atom is 0.175 e. The molecule has 0 saturated carbocycles. The van der Waals surface area contributed by atoms with Crippen LogP contribution in [0.3, 0.4) is 0 Å². The number of hydrogen-bond acceptors (Lipinski definition) is 5. The van der Waals surface area contributed by atoms with Crippen LogP contribution in [0, 0.1) is 5.92 Å². The molecular formula is C14H22N2O3S. The van der Waals surface area contributed by atoms with Crippen molar-refractivity contribution < 1.29 is 13.2 Å². The SMILES string of the molecule is CN(CC1CCOCC1)c1ccc(S(C)(=O)=O)cc1N. The summed E-state index contributed by atoms with van der Waals surface area (Å²) in [6.07, 6.45) is 3.31. The van der Waals surface area contributed by atoms with Gasteiger partial charge in [0.1, 0.15) is 0 Å². The van der Waals surface area contributed by atoms with Gasteiger partial charge in [0, 0.05) is 33.1 Å². The molecule has 6 heteroatoms. The average molecular weight is 298 g/mol. The molecule has 0 aromatic heterocycles. The molecule has 1 saturated heterocycles. The van der Waals surface area contributed by atoms with Gasteiger partial charge in [-0.3, -0.25) is 0 Å². The highest BCUT2D eigenvalue weighted by Crippen LogP contribution is 2.27. The van der Waals surface area contributed by atoms with Gasteiger partial charge in [-0.05, 0) is 37.0 Å². The van der Waals surface area contributed by atoms with E-state index in [4.69, 9.17) is 10.5 Å². The van der Waals surface area contributed by atoms with Crippen LogP contribution in [-0.4, -0.2) is 41.5 Å². The smallest absolute Gasteiger partial charge is 0.175 e. The summed E-state index contributed by atoms with van der Waals surface area (Å²) < 4.78 is 28.4. The molecule has 0 unspecified atom stereocenters. The van der Waals surface area contributed by atoms with E-state index in [1.54, 1.807) is 12.1 Å². The standard InChI is InChI=1S/C14H22N2O3S/c1-16(10-11-5-7-19-8-6-11)14-4-3-12(9-13(14)15)20(2,17)18/h3-4,9,11H,5-8,10,15H2,1-2H3. The molecule has 20 heavy (non-hydrogen) atoms. The van der Waals surface area contributed by atoms with E-state index in [1.165, 1.54) is 12.3 Å². The number of nitrogens with two attached hydrogens (primary N) is 1. The van der Waals surface area contributed by atoms with Gasteiger partial charge in [0.15, 0.2) is 9.84 Å². The quantitative estimate of drug-likeness (QED) is 0.854. The van der Waals surface area contributed by atoms with E-state index < -0.39 is 9.84 Å². The van der Waals surface area contributed by atoms with Crippen LogP contribution in [0.25, 0.3) is 0 Å². The van der Waals surface area contributed by atoms with Gasteiger partial charge in [-0.25, -0.2) is 8.42 Å². The number of benzene rings is 1. The van der Waals surface area contributed by atoms with Crippen LogP contribution in [0.15, 0.2) is 23.1 Å². The van der Waals surface area contributed by atoms with E-state index in [-0.39, 0.29) is 4.90 Å². The molecule has 0 aliphatic carbocycles. The zero-order valence-corrected chi connectivity index (χ0v) is 12.8. The van der Waals surface area contributed by atoms with Crippen LogP contribution >= 0.6 is 0 Å². The monoisotopic (exact) mass is 298 g/mol. The van der Waals surface area contributed by atoms with Crippen molar-refractivity contribution >= 4 is 21.2 Å². The Morgan fingerprint density at radius 3 is 2.55 bits per heavy atom. The Labute approximate surface area is 120 Å². The highest BCUT2D eigenvalue weighted by molar-refractivity contribution is 7.90. The minimum atomic E-state index is -3.21. The van der Waals surface area contributed by atoms with Gasteiger partial charge in [-0.2, -0.15) is 0 Å². The number of anilines is 2. The zero-order chi connectivity index (χ0) is 14.8. The van der Waals surface area contributed by atoms with Crippen LogP contribution in [-0.2, 0) is 14.6 Å². The Bertz CT molecular complexity index is 566. The summed E-state index contributed by atoms with van der Waals surface area (Å²) in [6.45, 7) is 2.55. The van der Waals surface area contributed by atoms with Crippen molar-refractivity contribution in [3.8, 4) is 0 Å². The minimum absolute atomic E-state index is 0.262. The lowest BCUT2D eigenvalue weighted by atomic mass is 9.99. The van der Waals surface area contributed by atoms with Crippen molar-refractivity contribution in [2.45, 2.75) is 17.7 Å². The van der Waals surface area contributed by atoms with E-state index in [0.29, 0.717) is 11.6 Å². The van der Waals surface area contributed by atoms with Crippen molar-refractivity contribution in [1.82, 2.24) is 0 Å².